The van der Waals surface area contributed by atoms with Crippen molar-refractivity contribution in [2.24, 2.45) is 5.84 Å². The van der Waals surface area contributed by atoms with Crippen LogP contribution in [0.4, 0.5) is 4.79 Å². The lowest BCUT2D eigenvalue weighted by Gasteiger charge is -2.31. The first-order valence-electron chi connectivity index (χ1n) is 7.11. The highest BCUT2D eigenvalue weighted by molar-refractivity contribution is 5.88. The summed E-state index contributed by atoms with van der Waals surface area (Å²) < 4.78 is 0. The van der Waals surface area contributed by atoms with E-state index in [9.17, 15) is 14.4 Å². The molecule has 0 aliphatic carbocycles. The van der Waals surface area contributed by atoms with Crippen LogP contribution in [0.25, 0.3) is 0 Å². The Labute approximate surface area is 122 Å². The van der Waals surface area contributed by atoms with Gasteiger partial charge in [-0.15, -0.1) is 0 Å². The van der Waals surface area contributed by atoms with Crippen molar-refractivity contribution in [3.8, 4) is 0 Å². The van der Waals surface area contributed by atoms with Gasteiger partial charge in [-0.2, -0.15) is 10.2 Å². The minimum absolute atomic E-state index is 0.0244. The average Bonchev–Trinajstić information content (AvgIpc) is 2.72. The predicted molar refractivity (Wildman–Crippen MR) is 71.8 cm³/mol. The molecular formula is C12H21N5O4. The number of piperidine rings is 1. The highest BCUT2D eigenvalue weighted by Gasteiger charge is 2.48. The summed E-state index contributed by atoms with van der Waals surface area (Å²) in [5.74, 6) is 4.92. The Bertz CT molecular complexity index is 418. The van der Waals surface area contributed by atoms with Crippen molar-refractivity contribution >= 4 is 18.3 Å². The van der Waals surface area contributed by atoms with Crippen LogP contribution in [-0.4, -0.2) is 58.7 Å². The number of unbranched alkanes of at least 4 members (excludes halogenated alkanes) is 1. The molecule has 2 aliphatic heterocycles. The minimum atomic E-state index is -0.661. The molecule has 2 bridgehead atoms. The summed E-state index contributed by atoms with van der Waals surface area (Å²) in [5, 5.41) is 1.99. The van der Waals surface area contributed by atoms with E-state index >= 15 is 0 Å². The van der Waals surface area contributed by atoms with E-state index in [1.54, 1.807) is 0 Å². The Morgan fingerprint density at radius 1 is 1.57 bits per heavy atom. The molecule has 0 unspecified atom stereocenters. The first-order chi connectivity index (χ1) is 10.1. The molecular weight excluding hydrogens is 278 g/mol. The molecule has 2 atom stereocenters. The third-order valence-electron chi connectivity index (χ3n) is 3.77. The van der Waals surface area contributed by atoms with Gasteiger partial charge >= 0.3 is 6.03 Å². The van der Waals surface area contributed by atoms with Gasteiger partial charge in [-0.05, 0) is 19.3 Å². The Hall–Kier alpha value is -1.87. The molecule has 0 saturated carbocycles. The molecule has 9 heteroatoms. The molecule has 2 saturated heterocycles. The molecule has 0 aromatic carbocycles. The highest BCUT2D eigenvalue weighted by atomic mass is 16.7. The van der Waals surface area contributed by atoms with E-state index in [1.807, 2.05) is 6.92 Å². The molecule has 2 fully saturated rings. The van der Waals surface area contributed by atoms with Crippen molar-refractivity contribution in [2.75, 3.05) is 13.2 Å². The van der Waals surface area contributed by atoms with Gasteiger partial charge in [-0.1, -0.05) is 13.3 Å². The second kappa shape index (κ2) is 6.72. The van der Waals surface area contributed by atoms with Crippen LogP contribution < -0.4 is 11.3 Å². The average molecular weight is 299 g/mol. The number of rotatable bonds is 7. The number of fused-ring (bicyclic) bond motifs is 2. The van der Waals surface area contributed by atoms with Gasteiger partial charge in [0.15, 0.2) is 0 Å². The number of nitrogens with one attached hydrogen (secondary N) is 1. The second-order valence-corrected chi connectivity index (χ2v) is 5.15. The number of nitrogens with zero attached hydrogens (tertiary/aromatic N) is 3. The molecule has 2 heterocycles. The molecule has 4 amide bonds. The Kier molecular flexibility index (Phi) is 4.97. The van der Waals surface area contributed by atoms with Crippen molar-refractivity contribution in [1.29, 1.82) is 0 Å². The van der Waals surface area contributed by atoms with Gasteiger partial charge in [0.25, 0.3) is 5.91 Å². The SMILES string of the molecule is CCCCON1C(=O)N2C[C@@H]1CC[C@H]2C(=O)N(N)NC=O. The lowest BCUT2D eigenvalue weighted by atomic mass is 10.0. The van der Waals surface area contributed by atoms with Crippen molar-refractivity contribution in [1.82, 2.24) is 20.5 Å². The third-order valence-corrected chi connectivity index (χ3v) is 3.77. The number of carbonyl (C=O) groups is 3. The number of carbonyl (C=O) groups excluding carboxylic acids is 3. The summed E-state index contributed by atoms with van der Waals surface area (Å²) in [4.78, 5) is 41.7. The third kappa shape index (κ3) is 3.08. The van der Waals surface area contributed by atoms with Crippen LogP contribution in [0.2, 0.25) is 0 Å². The van der Waals surface area contributed by atoms with Gasteiger partial charge in [0.1, 0.15) is 6.04 Å². The Balaban J connectivity index is 1.99. The Morgan fingerprint density at radius 3 is 3.00 bits per heavy atom. The zero-order valence-corrected chi connectivity index (χ0v) is 12.0. The van der Waals surface area contributed by atoms with Crippen LogP contribution in [0.5, 0.6) is 0 Å². The zero-order valence-electron chi connectivity index (χ0n) is 12.0. The van der Waals surface area contributed by atoms with Gasteiger partial charge in [0.05, 0.1) is 12.6 Å². The molecule has 3 N–H and O–H groups in total. The van der Waals surface area contributed by atoms with Crippen LogP contribution in [0.1, 0.15) is 32.6 Å². The summed E-state index contributed by atoms with van der Waals surface area (Å²) in [5.41, 5.74) is 2.07. The largest absolute Gasteiger partial charge is 0.345 e. The molecule has 0 radical (unpaired) electrons. The predicted octanol–water partition coefficient (Wildman–Crippen LogP) is -0.650. The highest BCUT2D eigenvalue weighted by Crippen LogP contribution is 2.30. The molecule has 9 nitrogen and oxygen atoms in total. The van der Waals surface area contributed by atoms with Crippen LogP contribution in [0.3, 0.4) is 0 Å². The topological polar surface area (TPSA) is 108 Å². The molecule has 2 rings (SSSR count). The standard InChI is InChI=1S/C12H21N5O4/c1-2-3-6-21-16-9-4-5-10(15(7-9)12(16)20)11(19)17(13)14-8-18/h8-10H,2-7,13H2,1H3,(H,14,18)/t9-,10-/m0/s1. The fourth-order valence-corrected chi connectivity index (χ4v) is 2.64. The van der Waals surface area contributed by atoms with Crippen LogP contribution >= 0.6 is 0 Å². The van der Waals surface area contributed by atoms with Crippen molar-refractivity contribution < 1.29 is 19.2 Å². The molecule has 118 valence electrons. The van der Waals surface area contributed by atoms with Crippen molar-refractivity contribution in [3.05, 3.63) is 0 Å². The normalized spacial score (nSPS) is 24.2. The summed E-state index contributed by atoms with van der Waals surface area (Å²) in [6.45, 7) is 2.97. The quantitative estimate of drug-likeness (QED) is 0.213. The fourth-order valence-electron chi connectivity index (χ4n) is 2.64. The lowest BCUT2D eigenvalue weighted by Crippen LogP contribution is -2.57. The van der Waals surface area contributed by atoms with Gasteiger partial charge in [-0.3, -0.25) is 19.9 Å². The van der Waals surface area contributed by atoms with E-state index in [4.69, 9.17) is 10.7 Å². The fraction of sp³-hybridized carbons (Fsp3) is 0.750. The van der Waals surface area contributed by atoms with Crippen LogP contribution in [-0.2, 0) is 14.4 Å². The van der Waals surface area contributed by atoms with Gasteiger partial charge in [0, 0.05) is 6.54 Å². The number of nitrogens with two attached hydrogens (primary N) is 1. The molecule has 21 heavy (non-hydrogen) atoms. The lowest BCUT2D eigenvalue weighted by molar-refractivity contribution is -0.143. The monoisotopic (exact) mass is 299 g/mol. The molecule has 0 spiro atoms. The first kappa shape index (κ1) is 15.5. The number of hydroxylamine groups is 2. The number of hydrogen-bond acceptors (Lipinski definition) is 5. The maximum Gasteiger partial charge on any atom is 0.345 e. The van der Waals surface area contributed by atoms with E-state index in [2.05, 4.69) is 5.43 Å². The van der Waals surface area contributed by atoms with Crippen LogP contribution in [0.15, 0.2) is 0 Å². The number of hydrazine groups is 2. The smallest absolute Gasteiger partial charge is 0.309 e. The molecule has 2 aliphatic rings. The van der Waals surface area contributed by atoms with E-state index in [-0.39, 0.29) is 12.1 Å². The van der Waals surface area contributed by atoms with Gasteiger partial charge in [-0.25, -0.2) is 10.6 Å². The van der Waals surface area contributed by atoms with Gasteiger partial charge < -0.3 is 4.90 Å². The Morgan fingerprint density at radius 2 is 2.33 bits per heavy atom. The number of amides is 4. The number of urea groups is 1. The summed E-state index contributed by atoms with van der Waals surface area (Å²) in [6.07, 6.45) is 3.34. The van der Waals surface area contributed by atoms with E-state index < -0.39 is 11.9 Å². The summed E-state index contributed by atoms with van der Waals surface area (Å²) in [7, 11) is 0. The first-order valence-corrected chi connectivity index (χ1v) is 7.11. The van der Waals surface area contributed by atoms with E-state index in [1.165, 1.54) is 9.96 Å². The maximum absolute atomic E-state index is 12.3. The maximum atomic E-state index is 12.3. The van der Waals surface area contributed by atoms with Crippen molar-refractivity contribution in [3.63, 3.8) is 0 Å². The van der Waals surface area contributed by atoms with E-state index in [0.29, 0.717) is 37.5 Å². The van der Waals surface area contributed by atoms with Crippen molar-refractivity contribution in [2.45, 2.75) is 44.7 Å². The van der Waals surface area contributed by atoms with Gasteiger partial charge in [0.2, 0.25) is 6.41 Å². The molecule has 0 aromatic heterocycles. The second-order valence-electron chi connectivity index (χ2n) is 5.15. The zero-order chi connectivity index (χ0) is 15.4. The minimum Gasteiger partial charge on any atom is -0.309 e. The van der Waals surface area contributed by atoms with E-state index in [0.717, 1.165) is 12.8 Å². The van der Waals surface area contributed by atoms with Crippen LogP contribution in [0, 0.1) is 0 Å². The summed E-state index contributed by atoms with van der Waals surface area (Å²) in [6, 6.07) is -0.999. The summed E-state index contributed by atoms with van der Waals surface area (Å²) >= 11 is 0. The molecule has 0 aromatic rings. The number of hydrogen-bond donors (Lipinski definition) is 2.